The highest BCUT2D eigenvalue weighted by atomic mass is 127. The molecule has 0 amide bonds. The number of nitrogens with two attached hydrogens (primary N) is 1. The second-order valence-electron chi connectivity index (χ2n) is 4.17. The minimum Gasteiger partial charge on any atom is -0.370 e. The Balaban J connectivity index is 0.00000289. The monoisotopic (exact) mass is 359 g/mol. The summed E-state index contributed by atoms with van der Waals surface area (Å²) in [6, 6.07) is 10.4. The van der Waals surface area contributed by atoms with Gasteiger partial charge in [0.05, 0.1) is 6.54 Å². The van der Waals surface area contributed by atoms with Gasteiger partial charge in [0.15, 0.2) is 5.96 Å². The van der Waals surface area contributed by atoms with Crippen LogP contribution in [0, 0.1) is 0 Å². The van der Waals surface area contributed by atoms with Crippen LogP contribution < -0.4 is 11.1 Å². The van der Waals surface area contributed by atoms with E-state index in [1.807, 2.05) is 13.0 Å². The number of hydrogen-bond donors (Lipinski definition) is 2. The molecule has 0 aliphatic rings. The van der Waals surface area contributed by atoms with Crippen LogP contribution in [0.5, 0.6) is 0 Å². The second kappa shape index (κ2) is 9.94. The van der Waals surface area contributed by atoms with Gasteiger partial charge in [0.2, 0.25) is 0 Å². The van der Waals surface area contributed by atoms with E-state index in [1.165, 1.54) is 5.56 Å². The van der Waals surface area contributed by atoms with Gasteiger partial charge in [0.25, 0.3) is 0 Å². The molecule has 0 heterocycles. The van der Waals surface area contributed by atoms with Crippen LogP contribution in [-0.2, 0) is 6.42 Å². The molecule has 0 unspecified atom stereocenters. The average Bonchev–Trinajstić information content (AvgIpc) is 2.33. The lowest BCUT2D eigenvalue weighted by Gasteiger charge is -2.05. The van der Waals surface area contributed by atoms with E-state index in [9.17, 15) is 0 Å². The van der Waals surface area contributed by atoms with Gasteiger partial charge in [-0.3, -0.25) is 0 Å². The van der Waals surface area contributed by atoms with E-state index in [0.29, 0.717) is 12.5 Å². The number of nitrogens with one attached hydrogen (secondary N) is 1. The van der Waals surface area contributed by atoms with Crippen molar-refractivity contribution in [3.63, 3.8) is 0 Å². The summed E-state index contributed by atoms with van der Waals surface area (Å²) in [6.45, 7) is 7.15. The SMILES string of the molecule is C=C(C)CN=C(N)NCCCc1ccccc1.I. The Morgan fingerprint density at radius 3 is 2.61 bits per heavy atom. The van der Waals surface area contributed by atoms with Crippen LogP contribution in [0.4, 0.5) is 0 Å². The molecule has 4 heteroatoms. The van der Waals surface area contributed by atoms with Gasteiger partial charge in [0.1, 0.15) is 0 Å². The fourth-order valence-electron chi connectivity index (χ4n) is 1.43. The van der Waals surface area contributed by atoms with E-state index in [2.05, 4.69) is 41.2 Å². The van der Waals surface area contributed by atoms with Crippen molar-refractivity contribution in [3.8, 4) is 0 Å². The molecule has 0 fully saturated rings. The lowest BCUT2D eigenvalue weighted by molar-refractivity contribution is 0.767. The minimum absolute atomic E-state index is 0. The third-order valence-electron chi connectivity index (χ3n) is 2.31. The largest absolute Gasteiger partial charge is 0.370 e. The average molecular weight is 359 g/mol. The molecule has 0 aromatic heterocycles. The number of aryl methyl sites for hydroxylation is 1. The third-order valence-corrected chi connectivity index (χ3v) is 2.31. The number of aliphatic imine (C=N–C) groups is 1. The first-order chi connectivity index (χ1) is 8.18. The first kappa shape index (κ1) is 17.0. The van der Waals surface area contributed by atoms with Crippen molar-refractivity contribution in [1.29, 1.82) is 0 Å². The highest BCUT2D eigenvalue weighted by Gasteiger charge is 1.93. The van der Waals surface area contributed by atoms with Crippen LogP contribution in [0.2, 0.25) is 0 Å². The maximum absolute atomic E-state index is 5.70. The fraction of sp³-hybridized carbons (Fsp3) is 0.357. The maximum Gasteiger partial charge on any atom is 0.188 e. The van der Waals surface area contributed by atoms with Crippen molar-refractivity contribution in [1.82, 2.24) is 5.32 Å². The molecule has 0 aliphatic heterocycles. The van der Waals surface area contributed by atoms with Crippen LogP contribution in [-0.4, -0.2) is 19.0 Å². The summed E-state index contributed by atoms with van der Waals surface area (Å²) in [7, 11) is 0. The maximum atomic E-state index is 5.70. The molecule has 0 saturated carbocycles. The smallest absolute Gasteiger partial charge is 0.188 e. The summed E-state index contributed by atoms with van der Waals surface area (Å²) in [6.07, 6.45) is 2.11. The first-order valence-electron chi connectivity index (χ1n) is 5.90. The number of guanidine groups is 1. The molecule has 3 N–H and O–H groups in total. The van der Waals surface area contributed by atoms with E-state index in [4.69, 9.17) is 5.73 Å². The molecule has 0 aliphatic carbocycles. The lowest BCUT2D eigenvalue weighted by Crippen LogP contribution is -2.32. The molecule has 18 heavy (non-hydrogen) atoms. The van der Waals surface area contributed by atoms with Gasteiger partial charge < -0.3 is 11.1 Å². The number of benzene rings is 1. The molecule has 0 saturated heterocycles. The van der Waals surface area contributed by atoms with E-state index in [0.717, 1.165) is 25.0 Å². The van der Waals surface area contributed by atoms with Gasteiger partial charge >= 0.3 is 0 Å². The highest BCUT2D eigenvalue weighted by Crippen LogP contribution is 2.01. The van der Waals surface area contributed by atoms with Gasteiger partial charge in [-0.25, -0.2) is 4.99 Å². The van der Waals surface area contributed by atoms with Gasteiger partial charge in [-0.15, -0.1) is 24.0 Å². The predicted molar refractivity (Wildman–Crippen MR) is 89.5 cm³/mol. The molecular weight excluding hydrogens is 337 g/mol. The van der Waals surface area contributed by atoms with Crippen molar-refractivity contribution in [2.75, 3.05) is 13.1 Å². The quantitative estimate of drug-likeness (QED) is 0.270. The van der Waals surface area contributed by atoms with Crippen LogP contribution in [0.25, 0.3) is 0 Å². The highest BCUT2D eigenvalue weighted by molar-refractivity contribution is 14.0. The van der Waals surface area contributed by atoms with E-state index < -0.39 is 0 Å². The molecule has 1 aromatic carbocycles. The number of nitrogens with zero attached hydrogens (tertiary/aromatic N) is 1. The Kier molecular flexibility index (Phi) is 9.36. The van der Waals surface area contributed by atoms with Gasteiger partial charge in [-0.1, -0.05) is 42.5 Å². The van der Waals surface area contributed by atoms with Crippen LogP contribution in [0.3, 0.4) is 0 Å². The van der Waals surface area contributed by atoms with Crippen LogP contribution >= 0.6 is 24.0 Å². The summed E-state index contributed by atoms with van der Waals surface area (Å²) < 4.78 is 0. The normalized spacial score (nSPS) is 10.6. The molecule has 0 bridgehead atoms. The third kappa shape index (κ3) is 8.11. The topological polar surface area (TPSA) is 50.4 Å². The molecule has 1 aromatic rings. The van der Waals surface area contributed by atoms with Crippen molar-refractivity contribution in [2.24, 2.45) is 10.7 Å². The zero-order valence-electron chi connectivity index (χ0n) is 10.9. The van der Waals surface area contributed by atoms with Gasteiger partial charge in [0, 0.05) is 6.54 Å². The van der Waals surface area contributed by atoms with Crippen LogP contribution in [0.15, 0.2) is 47.5 Å². The molecule has 0 spiro atoms. The molecular formula is C14H22IN3. The molecule has 0 atom stereocenters. The van der Waals surface area contributed by atoms with Crippen LogP contribution in [0.1, 0.15) is 18.9 Å². The Morgan fingerprint density at radius 2 is 2.00 bits per heavy atom. The first-order valence-corrected chi connectivity index (χ1v) is 5.90. The van der Waals surface area contributed by atoms with Crippen molar-refractivity contribution in [3.05, 3.63) is 48.0 Å². The summed E-state index contributed by atoms with van der Waals surface area (Å²) in [4.78, 5) is 4.15. The Bertz CT molecular complexity index is 374. The Morgan fingerprint density at radius 1 is 1.33 bits per heavy atom. The fourth-order valence-corrected chi connectivity index (χ4v) is 1.43. The summed E-state index contributed by atoms with van der Waals surface area (Å²) >= 11 is 0. The number of halogens is 1. The molecule has 100 valence electrons. The molecule has 0 radical (unpaired) electrons. The van der Waals surface area contributed by atoms with Gasteiger partial charge in [-0.2, -0.15) is 0 Å². The standard InChI is InChI=1S/C14H21N3.HI/c1-12(2)11-17-14(15)16-10-6-9-13-7-4-3-5-8-13;/h3-5,7-8H,1,6,9-11H2,2H3,(H3,15,16,17);1H. The van der Waals surface area contributed by atoms with Crippen molar-refractivity contribution < 1.29 is 0 Å². The zero-order valence-corrected chi connectivity index (χ0v) is 13.2. The van der Waals surface area contributed by atoms with E-state index in [-0.39, 0.29) is 24.0 Å². The number of rotatable bonds is 6. The molecule has 3 nitrogen and oxygen atoms in total. The Hall–Kier alpha value is -1.04. The summed E-state index contributed by atoms with van der Waals surface area (Å²) in [5.41, 5.74) is 8.07. The number of hydrogen-bond acceptors (Lipinski definition) is 1. The van der Waals surface area contributed by atoms with Gasteiger partial charge in [-0.05, 0) is 25.3 Å². The Labute approximate surface area is 127 Å². The lowest BCUT2D eigenvalue weighted by atomic mass is 10.1. The van der Waals surface area contributed by atoms with E-state index >= 15 is 0 Å². The van der Waals surface area contributed by atoms with Crippen molar-refractivity contribution >= 4 is 29.9 Å². The predicted octanol–water partition coefficient (Wildman–Crippen LogP) is 2.72. The van der Waals surface area contributed by atoms with E-state index in [1.54, 1.807) is 0 Å². The summed E-state index contributed by atoms with van der Waals surface area (Å²) in [5.74, 6) is 0.501. The molecule has 1 rings (SSSR count). The summed E-state index contributed by atoms with van der Waals surface area (Å²) in [5, 5.41) is 3.09. The minimum atomic E-state index is 0. The zero-order chi connectivity index (χ0) is 12.5. The second-order valence-corrected chi connectivity index (χ2v) is 4.17. The van der Waals surface area contributed by atoms with Crippen molar-refractivity contribution in [2.45, 2.75) is 19.8 Å².